The Bertz CT molecular complexity index is 310. The minimum Gasteiger partial charge on any atom is -0.477 e. The molecule has 0 bridgehead atoms. The van der Waals surface area contributed by atoms with Crippen molar-refractivity contribution in [3.63, 3.8) is 0 Å². The van der Waals surface area contributed by atoms with Crippen molar-refractivity contribution in [3.05, 3.63) is 23.9 Å². The predicted molar refractivity (Wildman–Crippen MR) is 57.5 cm³/mol. The third kappa shape index (κ3) is 2.48. The molecule has 1 heterocycles. The van der Waals surface area contributed by atoms with E-state index in [0.717, 1.165) is 18.1 Å². The van der Waals surface area contributed by atoms with Gasteiger partial charge in [-0.25, -0.2) is 4.98 Å². The molecule has 3 nitrogen and oxygen atoms in total. The molecule has 1 aliphatic rings. The first kappa shape index (κ1) is 10.4. The third-order valence-corrected chi connectivity index (χ3v) is 3.22. The van der Waals surface area contributed by atoms with E-state index >= 15 is 0 Å². The lowest BCUT2D eigenvalue weighted by molar-refractivity contribution is 0.113. The number of pyridine rings is 1. The molecular weight excluding hydrogens is 190 g/mol. The smallest absolute Gasteiger partial charge is 0.213 e. The summed E-state index contributed by atoms with van der Waals surface area (Å²) in [6, 6.07) is 3.65. The highest BCUT2D eigenvalue weighted by Crippen LogP contribution is 2.33. The van der Waals surface area contributed by atoms with Crippen molar-refractivity contribution < 1.29 is 9.84 Å². The Balaban J connectivity index is 1.82. The highest BCUT2D eigenvalue weighted by atomic mass is 16.5. The molecule has 82 valence electrons. The van der Waals surface area contributed by atoms with Crippen LogP contribution in [0.3, 0.4) is 0 Å². The van der Waals surface area contributed by atoms with Crippen molar-refractivity contribution in [2.75, 3.05) is 6.61 Å². The van der Waals surface area contributed by atoms with E-state index in [4.69, 9.17) is 9.84 Å². The molecule has 1 fully saturated rings. The molecule has 0 aliphatic heterocycles. The van der Waals surface area contributed by atoms with Gasteiger partial charge in [-0.2, -0.15) is 0 Å². The molecule has 1 aliphatic carbocycles. The molecule has 2 atom stereocenters. The molecule has 1 aromatic heterocycles. The van der Waals surface area contributed by atoms with Gasteiger partial charge in [0, 0.05) is 12.3 Å². The van der Waals surface area contributed by atoms with Crippen LogP contribution in [0, 0.1) is 11.8 Å². The zero-order valence-electron chi connectivity index (χ0n) is 9.02. The van der Waals surface area contributed by atoms with Crippen LogP contribution in [0.4, 0.5) is 0 Å². The van der Waals surface area contributed by atoms with Gasteiger partial charge < -0.3 is 9.84 Å². The maximum absolute atomic E-state index is 8.85. The number of ether oxygens (including phenoxy) is 1. The summed E-state index contributed by atoms with van der Waals surface area (Å²) in [5.41, 5.74) is 0.819. The molecular formula is C12H17NO2. The molecule has 0 spiro atoms. The van der Waals surface area contributed by atoms with Crippen LogP contribution < -0.4 is 4.74 Å². The molecule has 0 amide bonds. The van der Waals surface area contributed by atoms with E-state index in [2.05, 4.69) is 11.9 Å². The fourth-order valence-corrected chi connectivity index (χ4v) is 1.77. The lowest BCUT2D eigenvalue weighted by atomic mass is 9.75. The van der Waals surface area contributed by atoms with Gasteiger partial charge in [0.2, 0.25) is 5.88 Å². The second kappa shape index (κ2) is 4.62. The van der Waals surface area contributed by atoms with E-state index in [1.165, 1.54) is 12.8 Å². The van der Waals surface area contributed by atoms with Crippen LogP contribution in [-0.2, 0) is 6.61 Å². The van der Waals surface area contributed by atoms with Crippen molar-refractivity contribution in [3.8, 4) is 5.88 Å². The number of nitrogens with zero attached hydrogens (tertiary/aromatic N) is 1. The van der Waals surface area contributed by atoms with Crippen LogP contribution in [-0.4, -0.2) is 16.7 Å². The van der Waals surface area contributed by atoms with Gasteiger partial charge in [-0.3, -0.25) is 0 Å². The average Bonchev–Trinajstić information content (AvgIpc) is 2.28. The van der Waals surface area contributed by atoms with Crippen LogP contribution in [0.1, 0.15) is 25.3 Å². The molecule has 0 radical (unpaired) electrons. The number of aliphatic hydroxyl groups excluding tert-OH is 1. The molecule has 2 rings (SSSR count). The van der Waals surface area contributed by atoms with Crippen LogP contribution in [0.2, 0.25) is 0 Å². The first-order valence-electron chi connectivity index (χ1n) is 5.48. The number of hydrogen-bond acceptors (Lipinski definition) is 3. The maximum atomic E-state index is 8.85. The SMILES string of the molecule is C[C@H]1CC[C@H]1COc1ccc(CO)cn1. The van der Waals surface area contributed by atoms with Crippen LogP contribution in [0.5, 0.6) is 5.88 Å². The molecule has 1 saturated carbocycles. The van der Waals surface area contributed by atoms with Crippen molar-refractivity contribution in [1.29, 1.82) is 0 Å². The highest BCUT2D eigenvalue weighted by Gasteiger charge is 2.27. The van der Waals surface area contributed by atoms with Crippen molar-refractivity contribution in [2.24, 2.45) is 11.8 Å². The summed E-state index contributed by atoms with van der Waals surface area (Å²) in [5, 5.41) is 8.85. The number of aromatic nitrogens is 1. The quantitative estimate of drug-likeness (QED) is 0.821. The summed E-state index contributed by atoms with van der Waals surface area (Å²) >= 11 is 0. The summed E-state index contributed by atoms with van der Waals surface area (Å²) in [4.78, 5) is 4.12. The summed E-state index contributed by atoms with van der Waals surface area (Å²) in [7, 11) is 0. The number of hydrogen-bond donors (Lipinski definition) is 1. The molecule has 1 aromatic rings. The van der Waals surface area contributed by atoms with Crippen molar-refractivity contribution in [1.82, 2.24) is 4.98 Å². The standard InChI is InChI=1S/C12H17NO2/c1-9-2-4-11(9)8-15-12-5-3-10(7-14)6-13-12/h3,5-6,9,11,14H,2,4,7-8H2,1H3/t9-,11-/m0/s1. The first-order valence-corrected chi connectivity index (χ1v) is 5.48. The largest absolute Gasteiger partial charge is 0.477 e. The van der Waals surface area contributed by atoms with Gasteiger partial charge in [0.05, 0.1) is 13.2 Å². The molecule has 0 saturated heterocycles. The lowest BCUT2D eigenvalue weighted by Gasteiger charge is -2.33. The fraction of sp³-hybridized carbons (Fsp3) is 0.583. The van der Waals surface area contributed by atoms with E-state index in [9.17, 15) is 0 Å². The van der Waals surface area contributed by atoms with E-state index in [1.807, 2.05) is 12.1 Å². The molecule has 0 aromatic carbocycles. The Morgan fingerprint density at radius 3 is 2.80 bits per heavy atom. The minimum absolute atomic E-state index is 0.0347. The topological polar surface area (TPSA) is 42.4 Å². The van der Waals surface area contributed by atoms with Gasteiger partial charge in [-0.05, 0) is 36.3 Å². The van der Waals surface area contributed by atoms with Gasteiger partial charge in [-0.15, -0.1) is 0 Å². The minimum atomic E-state index is 0.0347. The van der Waals surface area contributed by atoms with Crippen molar-refractivity contribution in [2.45, 2.75) is 26.4 Å². The monoisotopic (exact) mass is 207 g/mol. The average molecular weight is 207 g/mol. The van der Waals surface area contributed by atoms with E-state index in [1.54, 1.807) is 6.20 Å². The molecule has 15 heavy (non-hydrogen) atoms. The molecule has 0 unspecified atom stereocenters. The van der Waals surface area contributed by atoms with Gasteiger partial charge in [0.15, 0.2) is 0 Å². The van der Waals surface area contributed by atoms with E-state index in [-0.39, 0.29) is 6.61 Å². The first-order chi connectivity index (χ1) is 7.29. The Morgan fingerprint density at radius 1 is 1.47 bits per heavy atom. The number of rotatable bonds is 4. The third-order valence-electron chi connectivity index (χ3n) is 3.22. The normalized spacial score (nSPS) is 24.7. The summed E-state index contributed by atoms with van der Waals surface area (Å²) < 4.78 is 5.59. The Kier molecular flexibility index (Phi) is 3.21. The summed E-state index contributed by atoms with van der Waals surface area (Å²) in [5.74, 6) is 2.15. The Morgan fingerprint density at radius 2 is 2.33 bits per heavy atom. The zero-order chi connectivity index (χ0) is 10.7. The van der Waals surface area contributed by atoms with E-state index in [0.29, 0.717) is 11.8 Å². The van der Waals surface area contributed by atoms with Crippen LogP contribution in [0.25, 0.3) is 0 Å². The fourth-order valence-electron chi connectivity index (χ4n) is 1.77. The molecule has 1 N–H and O–H groups in total. The molecule has 3 heteroatoms. The van der Waals surface area contributed by atoms with E-state index < -0.39 is 0 Å². The lowest BCUT2D eigenvalue weighted by Crippen LogP contribution is -2.28. The Labute approximate surface area is 90.1 Å². The van der Waals surface area contributed by atoms with Crippen molar-refractivity contribution >= 4 is 0 Å². The van der Waals surface area contributed by atoms with Gasteiger partial charge in [-0.1, -0.05) is 6.92 Å². The van der Waals surface area contributed by atoms with Crippen LogP contribution in [0.15, 0.2) is 18.3 Å². The second-order valence-electron chi connectivity index (χ2n) is 4.29. The predicted octanol–water partition coefficient (Wildman–Crippen LogP) is 2.00. The highest BCUT2D eigenvalue weighted by molar-refractivity contribution is 5.17. The summed E-state index contributed by atoms with van der Waals surface area (Å²) in [6.07, 6.45) is 4.25. The zero-order valence-corrected chi connectivity index (χ0v) is 9.02. The summed E-state index contributed by atoms with van der Waals surface area (Å²) in [6.45, 7) is 3.07. The second-order valence-corrected chi connectivity index (χ2v) is 4.29. The van der Waals surface area contributed by atoms with Gasteiger partial charge in [0.25, 0.3) is 0 Å². The number of aliphatic hydroxyl groups is 1. The Hall–Kier alpha value is -1.09. The maximum Gasteiger partial charge on any atom is 0.213 e. The van der Waals surface area contributed by atoms with Crippen LogP contribution >= 0.6 is 0 Å². The van der Waals surface area contributed by atoms with Gasteiger partial charge >= 0.3 is 0 Å². The van der Waals surface area contributed by atoms with Gasteiger partial charge in [0.1, 0.15) is 0 Å².